The molecule has 1 amide bonds. The Morgan fingerprint density at radius 1 is 1.24 bits per heavy atom. The summed E-state index contributed by atoms with van der Waals surface area (Å²) < 4.78 is 5.61. The van der Waals surface area contributed by atoms with E-state index in [1.807, 2.05) is 0 Å². The predicted molar refractivity (Wildman–Crippen MR) is 99.4 cm³/mol. The van der Waals surface area contributed by atoms with E-state index in [2.05, 4.69) is 0 Å². The lowest BCUT2D eigenvalue weighted by Crippen LogP contribution is -2.27. The van der Waals surface area contributed by atoms with Gasteiger partial charge in [0.05, 0.1) is 23.7 Å². The van der Waals surface area contributed by atoms with Crippen molar-refractivity contribution in [1.29, 1.82) is 0 Å². The fourth-order valence-electron chi connectivity index (χ4n) is 2.31. The average molecular weight is 370 g/mol. The molecule has 3 rings (SSSR count). The molecule has 0 unspecified atom stereocenters. The summed E-state index contributed by atoms with van der Waals surface area (Å²) in [4.78, 5) is 25.4. The second-order valence-corrected chi connectivity index (χ2v) is 6.80. The molecule has 1 heterocycles. The summed E-state index contributed by atoms with van der Waals surface area (Å²) in [6.07, 6.45) is 1.68. The van der Waals surface area contributed by atoms with E-state index < -0.39 is 5.97 Å². The summed E-state index contributed by atoms with van der Waals surface area (Å²) in [6, 6.07) is 13.2. The normalized spacial score (nSPS) is 15.7. The Kier molecular flexibility index (Phi) is 4.87. The van der Waals surface area contributed by atoms with Gasteiger partial charge in [-0.3, -0.25) is 9.69 Å². The topological polar surface area (TPSA) is 69.7 Å². The van der Waals surface area contributed by atoms with Crippen LogP contribution in [0.1, 0.15) is 15.9 Å². The van der Waals surface area contributed by atoms with Gasteiger partial charge in [0.25, 0.3) is 5.91 Å². The molecule has 0 bridgehead atoms. The molecule has 1 aliphatic heterocycles. The Labute approximate surface area is 153 Å². The molecular formula is C18H12NO4S2-. The number of amides is 1. The van der Waals surface area contributed by atoms with E-state index >= 15 is 0 Å². The summed E-state index contributed by atoms with van der Waals surface area (Å²) in [5.74, 6) is -0.837. The zero-order valence-corrected chi connectivity index (χ0v) is 14.7. The van der Waals surface area contributed by atoms with Crippen LogP contribution in [0.25, 0.3) is 6.08 Å². The van der Waals surface area contributed by atoms with Crippen molar-refractivity contribution in [3.63, 3.8) is 0 Å². The first-order chi connectivity index (χ1) is 12.0. The minimum Gasteiger partial charge on any atom is -0.545 e. The van der Waals surface area contributed by atoms with Crippen LogP contribution in [0.15, 0.2) is 53.4 Å². The number of carbonyl (C=O) groups is 2. The first-order valence-electron chi connectivity index (χ1n) is 7.23. The third kappa shape index (κ3) is 3.57. The molecule has 0 N–H and O–H groups in total. The number of hydrogen-bond acceptors (Lipinski definition) is 6. The minimum atomic E-state index is -1.24. The van der Waals surface area contributed by atoms with Crippen LogP contribution >= 0.6 is 24.0 Å². The Morgan fingerprint density at radius 3 is 2.60 bits per heavy atom. The van der Waals surface area contributed by atoms with E-state index in [-0.39, 0.29) is 11.5 Å². The predicted octanol–water partition coefficient (Wildman–Crippen LogP) is 2.46. The van der Waals surface area contributed by atoms with Gasteiger partial charge < -0.3 is 14.6 Å². The Morgan fingerprint density at radius 2 is 1.96 bits per heavy atom. The molecule has 1 saturated heterocycles. The number of benzene rings is 2. The van der Waals surface area contributed by atoms with Crippen molar-refractivity contribution in [2.24, 2.45) is 0 Å². The average Bonchev–Trinajstić information content (AvgIpc) is 2.89. The van der Waals surface area contributed by atoms with Crippen LogP contribution in [0, 0.1) is 0 Å². The van der Waals surface area contributed by atoms with Gasteiger partial charge in [0.2, 0.25) is 0 Å². The minimum absolute atomic E-state index is 0.0843. The van der Waals surface area contributed by atoms with E-state index in [1.54, 1.807) is 49.6 Å². The second kappa shape index (κ2) is 7.08. The summed E-state index contributed by atoms with van der Waals surface area (Å²) in [7, 11) is 1.56. The van der Waals surface area contributed by atoms with Crippen molar-refractivity contribution >= 4 is 51.9 Å². The lowest BCUT2D eigenvalue weighted by molar-refractivity contribution is -0.255. The van der Waals surface area contributed by atoms with Gasteiger partial charge in [-0.1, -0.05) is 54.3 Å². The molecule has 7 heteroatoms. The number of thioether (sulfide) groups is 1. The maximum absolute atomic E-state index is 12.7. The molecule has 0 spiro atoms. The number of thiocarbonyl (C=S) groups is 1. The molecule has 0 atom stereocenters. The van der Waals surface area contributed by atoms with Crippen molar-refractivity contribution in [3.8, 4) is 5.75 Å². The van der Waals surface area contributed by atoms with Gasteiger partial charge in [0.1, 0.15) is 5.75 Å². The molecule has 1 aliphatic rings. The molecule has 1 fully saturated rings. The first kappa shape index (κ1) is 17.2. The lowest BCUT2D eigenvalue weighted by Gasteiger charge is -2.15. The van der Waals surface area contributed by atoms with E-state index in [9.17, 15) is 14.7 Å². The zero-order valence-electron chi connectivity index (χ0n) is 13.1. The van der Waals surface area contributed by atoms with Gasteiger partial charge in [-0.2, -0.15) is 0 Å². The summed E-state index contributed by atoms with van der Waals surface area (Å²) in [5.41, 5.74) is 1.43. The molecule has 0 aromatic heterocycles. The highest BCUT2D eigenvalue weighted by Crippen LogP contribution is 2.36. The van der Waals surface area contributed by atoms with Crippen molar-refractivity contribution in [2.45, 2.75) is 0 Å². The fourth-order valence-corrected chi connectivity index (χ4v) is 3.61. The molecule has 2 aromatic carbocycles. The number of methoxy groups -OCH3 is 1. The number of ether oxygens (including phenoxy) is 1. The van der Waals surface area contributed by atoms with Crippen molar-refractivity contribution in [3.05, 3.63) is 64.6 Å². The third-order valence-corrected chi connectivity index (χ3v) is 4.85. The second-order valence-electron chi connectivity index (χ2n) is 5.13. The van der Waals surface area contributed by atoms with Crippen molar-refractivity contribution in [2.75, 3.05) is 12.0 Å². The quantitative estimate of drug-likeness (QED) is 0.608. The first-order valence-corrected chi connectivity index (χ1v) is 8.45. The number of carboxylic acids is 1. The maximum Gasteiger partial charge on any atom is 0.270 e. The number of hydrogen-bond donors (Lipinski definition) is 0. The SMILES string of the molecule is COc1cccc(N2C(=O)/C(=C/c3ccc(C(=O)[O-])cc3)SC2=S)c1. The van der Waals surface area contributed by atoms with E-state index in [0.717, 1.165) is 0 Å². The highest BCUT2D eigenvalue weighted by molar-refractivity contribution is 8.27. The molecule has 126 valence electrons. The molecule has 0 radical (unpaired) electrons. The third-order valence-electron chi connectivity index (χ3n) is 3.55. The van der Waals surface area contributed by atoms with E-state index in [0.29, 0.717) is 26.2 Å². The summed E-state index contributed by atoms with van der Waals surface area (Å²) in [6.45, 7) is 0. The van der Waals surface area contributed by atoms with Gasteiger partial charge in [0.15, 0.2) is 4.32 Å². The van der Waals surface area contributed by atoms with Gasteiger partial charge in [-0.05, 0) is 29.3 Å². The van der Waals surface area contributed by atoms with E-state index in [4.69, 9.17) is 17.0 Å². The van der Waals surface area contributed by atoms with Crippen LogP contribution in [0.5, 0.6) is 5.75 Å². The molecule has 0 aliphatic carbocycles. The Hall–Kier alpha value is -2.64. The molecule has 5 nitrogen and oxygen atoms in total. The lowest BCUT2D eigenvalue weighted by atomic mass is 10.1. The molecule has 2 aromatic rings. The fraction of sp³-hybridized carbons (Fsp3) is 0.0556. The monoisotopic (exact) mass is 370 g/mol. The Bertz CT molecular complexity index is 890. The number of nitrogens with zero attached hydrogens (tertiary/aromatic N) is 1. The standard InChI is InChI=1S/C18H13NO4S2/c1-23-14-4-2-3-13(10-14)19-16(20)15(25-18(19)24)9-11-5-7-12(8-6-11)17(21)22/h2-10H,1H3,(H,21,22)/p-1/b15-9-. The van der Waals surface area contributed by atoms with Gasteiger partial charge in [-0.25, -0.2) is 0 Å². The largest absolute Gasteiger partial charge is 0.545 e. The molecule has 0 saturated carbocycles. The number of carbonyl (C=O) groups excluding carboxylic acids is 2. The highest BCUT2D eigenvalue weighted by Gasteiger charge is 2.33. The summed E-state index contributed by atoms with van der Waals surface area (Å²) in [5, 5.41) is 10.8. The summed E-state index contributed by atoms with van der Waals surface area (Å²) >= 11 is 6.52. The van der Waals surface area contributed by atoms with Crippen LogP contribution in [-0.4, -0.2) is 23.3 Å². The van der Waals surface area contributed by atoms with Crippen LogP contribution in [0.3, 0.4) is 0 Å². The molecular weight excluding hydrogens is 358 g/mol. The number of carboxylic acid groups (broad SMARTS) is 1. The van der Waals surface area contributed by atoms with Crippen LogP contribution in [0.4, 0.5) is 5.69 Å². The van der Waals surface area contributed by atoms with Crippen molar-refractivity contribution in [1.82, 2.24) is 0 Å². The van der Waals surface area contributed by atoms with Crippen molar-refractivity contribution < 1.29 is 19.4 Å². The highest BCUT2D eigenvalue weighted by atomic mass is 32.2. The number of anilines is 1. The van der Waals surface area contributed by atoms with Gasteiger partial charge >= 0.3 is 0 Å². The zero-order chi connectivity index (χ0) is 18.0. The smallest absolute Gasteiger partial charge is 0.270 e. The van der Waals surface area contributed by atoms with Crippen LogP contribution < -0.4 is 14.7 Å². The van der Waals surface area contributed by atoms with E-state index in [1.165, 1.54) is 28.8 Å². The Balaban J connectivity index is 1.88. The van der Waals surface area contributed by atoms with Crippen LogP contribution in [-0.2, 0) is 4.79 Å². The molecule has 25 heavy (non-hydrogen) atoms. The number of aromatic carboxylic acids is 1. The van der Waals surface area contributed by atoms with Crippen LogP contribution in [0.2, 0.25) is 0 Å². The maximum atomic E-state index is 12.7. The number of rotatable bonds is 4. The van der Waals surface area contributed by atoms with Gasteiger partial charge in [0, 0.05) is 6.07 Å². The van der Waals surface area contributed by atoms with Gasteiger partial charge in [-0.15, -0.1) is 0 Å².